The number of carbonyl (C=O) groups is 1. The zero-order chi connectivity index (χ0) is 15.5. The van der Waals surface area contributed by atoms with Gasteiger partial charge < -0.3 is 19.5 Å². The number of rotatable bonds is 4. The average Bonchev–Trinajstić information content (AvgIpc) is 2.96. The molecule has 0 fully saturated rings. The topological polar surface area (TPSA) is 56.8 Å². The second-order valence-electron chi connectivity index (χ2n) is 5.15. The first-order valence-electron chi connectivity index (χ1n) is 7.01. The van der Waals surface area contributed by atoms with Gasteiger partial charge >= 0.3 is 0 Å². The maximum absolute atomic E-state index is 11.9. The van der Waals surface area contributed by atoms with Crippen molar-refractivity contribution >= 4 is 11.6 Å². The lowest BCUT2D eigenvalue weighted by atomic mass is 10.1. The van der Waals surface area contributed by atoms with Crippen molar-refractivity contribution in [1.82, 2.24) is 0 Å². The standard InChI is InChI=1S/C17H17NO4/c1-11-3-4-13(7-12(11)2)18-17(19)9-20-14-5-6-15-16(8-14)22-10-21-15/h3-8H,9-10H2,1-2H3,(H,18,19). The van der Waals surface area contributed by atoms with E-state index < -0.39 is 0 Å². The average molecular weight is 299 g/mol. The molecule has 1 N–H and O–H groups in total. The van der Waals surface area contributed by atoms with Crippen molar-refractivity contribution in [1.29, 1.82) is 0 Å². The van der Waals surface area contributed by atoms with E-state index in [1.807, 2.05) is 32.0 Å². The highest BCUT2D eigenvalue weighted by atomic mass is 16.7. The van der Waals surface area contributed by atoms with Gasteiger partial charge in [-0.15, -0.1) is 0 Å². The molecule has 0 atom stereocenters. The molecule has 22 heavy (non-hydrogen) atoms. The maximum Gasteiger partial charge on any atom is 0.262 e. The molecule has 1 heterocycles. The van der Waals surface area contributed by atoms with E-state index in [1.54, 1.807) is 18.2 Å². The highest BCUT2D eigenvalue weighted by Gasteiger charge is 2.14. The third kappa shape index (κ3) is 3.14. The number of ether oxygens (including phenoxy) is 3. The summed E-state index contributed by atoms with van der Waals surface area (Å²) >= 11 is 0. The third-order valence-corrected chi connectivity index (χ3v) is 3.50. The highest BCUT2D eigenvalue weighted by molar-refractivity contribution is 5.92. The molecule has 2 aromatic rings. The van der Waals surface area contributed by atoms with E-state index in [-0.39, 0.29) is 19.3 Å². The Labute approximate surface area is 128 Å². The molecular weight excluding hydrogens is 282 g/mol. The summed E-state index contributed by atoms with van der Waals surface area (Å²) in [5, 5.41) is 2.81. The summed E-state index contributed by atoms with van der Waals surface area (Å²) in [4.78, 5) is 11.9. The van der Waals surface area contributed by atoms with Crippen molar-refractivity contribution in [3.8, 4) is 17.2 Å². The van der Waals surface area contributed by atoms with Crippen molar-refractivity contribution in [2.45, 2.75) is 13.8 Å². The zero-order valence-electron chi connectivity index (χ0n) is 12.5. The van der Waals surface area contributed by atoms with Gasteiger partial charge in [0.15, 0.2) is 18.1 Å². The van der Waals surface area contributed by atoms with Crippen LogP contribution in [-0.2, 0) is 4.79 Å². The molecule has 1 aliphatic rings. The van der Waals surface area contributed by atoms with Crippen LogP contribution in [0, 0.1) is 13.8 Å². The Morgan fingerprint density at radius 1 is 1.09 bits per heavy atom. The molecule has 1 amide bonds. The molecule has 114 valence electrons. The number of amides is 1. The van der Waals surface area contributed by atoms with Gasteiger partial charge in [-0.2, -0.15) is 0 Å². The van der Waals surface area contributed by atoms with E-state index in [4.69, 9.17) is 14.2 Å². The van der Waals surface area contributed by atoms with E-state index in [0.29, 0.717) is 17.2 Å². The fraction of sp³-hybridized carbons (Fsp3) is 0.235. The Kier molecular flexibility index (Phi) is 3.87. The second-order valence-corrected chi connectivity index (χ2v) is 5.15. The Morgan fingerprint density at radius 3 is 2.73 bits per heavy atom. The largest absolute Gasteiger partial charge is 0.484 e. The van der Waals surface area contributed by atoms with E-state index in [0.717, 1.165) is 11.3 Å². The van der Waals surface area contributed by atoms with Crippen LogP contribution in [0.2, 0.25) is 0 Å². The van der Waals surface area contributed by atoms with Gasteiger partial charge in [0.25, 0.3) is 5.91 Å². The van der Waals surface area contributed by atoms with E-state index in [9.17, 15) is 4.79 Å². The third-order valence-electron chi connectivity index (χ3n) is 3.50. The molecular formula is C17H17NO4. The number of carbonyl (C=O) groups excluding carboxylic acids is 1. The van der Waals surface area contributed by atoms with Gasteiger partial charge in [-0.05, 0) is 49.2 Å². The van der Waals surface area contributed by atoms with E-state index in [1.165, 1.54) is 5.56 Å². The Bertz CT molecular complexity index is 712. The number of hydrogen-bond donors (Lipinski definition) is 1. The molecule has 0 aliphatic carbocycles. The first-order valence-corrected chi connectivity index (χ1v) is 7.01. The minimum Gasteiger partial charge on any atom is -0.484 e. The van der Waals surface area contributed by atoms with E-state index in [2.05, 4.69) is 5.32 Å². The molecule has 0 saturated heterocycles. The van der Waals surface area contributed by atoms with Crippen LogP contribution in [0.5, 0.6) is 17.2 Å². The maximum atomic E-state index is 11.9. The zero-order valence-corrected chi connectivity index (χ0v) is 12.5. The molecule has 0 saturated carbocycles. The molecule has 0 unspecified atom stereocenters. The number of hydrogen-bond acceptors (Lipinski definition) is 4. The lowest BCUT2D eigenvalue weighted by molar-refractivity contribution is -0.118. The van der Waals surface area contributed by atoms with Crippen LogP contribution >= 0.6 is 0 Å². The predicted octanol–water partition coefficient (Wildman–Crippen LogP) is 3.05. The van der Waals surface area contributed by atoms with Gasteiger partial charge in [-0.25, -0.2) is 0 Å². The SMILES string of the molecule is Cc1ccc(NC(=O)COc2ccc3c(c2)OCO3)cc1C. The smallest absolute Gasteiger partial charge is 0.262 e. The quantitative estimate of drug-likeness (QED) is 0.942. The van der Waals surface area contributed by atoms with Crippen molar-refractivity contribution < 1.29 is 19.0 Å². The lowest BCUT2D eigenvalue weighted by Crippen LogP contribution is -2.20. The number of benzene rings is 2. The molecule has 2 aromatic carbocycles. The van der Waals surface area contributed by atoms with Crippen LogP contribution < -0.4 is 19.5 Å². The van der Waals surface area contributed by atoms with Crippen LogP contribution in [0.4, 0.5) is 5.69 Å². The van der Waals surface area contributed by atoms with Gasteiger partial charge in [-0.3, -0.25) is 4.79 Å². The Morgan fingerprint density at radius 2 is 1.91 bits per heavy atom. The second kappa shape index (κ2) is 5.97. The molecule has 3 rings (SSSR count). The summed E-state index contributed by atoms with van der Waals surface area (Å²) in [6.07, 6.45) is 0. The van der Waals surface area contributed by atoms with Crippen LogP contribution in [0.25, 0.3) is 0 Å². The fourth-order valence-corrected chi connectivity index (χ4v) is 2.13. The molecule has 5 heteroatoms. The summed E-state index contributed by atoms with van der Waals surface area (Å²) in [7, 11) is 0. The Hall–Kier alpha value is -2.69. The van der Waals surface area contributed by atoms with Gasteiger partial charge in [-0.1, -0.05) is 6.07 Å². The minimum absolute atomic E-state index is 0.0629. The van der Waals surface area contributed by atoms with Gasteiger partial charge in [0.05, 0.1) is 0 Å². The molecule has 5 nitrogen and oxygen atoms in total. The minimum atomic E-state index is -0.207. The van der Waals surface area contributed by atoms with Crippen molar-refractivity contribution in [3.63, 3.8) is 0 Å². The number of nitrogens with one attached hydrogen (secondary N) is 1. The molecule has 0 spiro atoms. The molecule has 0 aromatic heterocycles. The van der Waals surface area contributed by atoms with Crippen LogP contribution in [-0.4, -0.2) is 19.3 Å². The van der Waals surface area contributed by atoms with Crippen LogP contribution in [0.1, 0.15) is 11.1 Å². The van der Waals surface area contributed by atoms with Crippen molar-refractivity contribution in [2.75, 3.05) is 18.7 Å². The summed E-state index contributed by atoms with van der Waals surface area (Å²) in [6, 6.07) is 11.0. The van der Waals surface area contributed by atoms with Crippen molar-refractivity contribution in [2.24, 2.45) is 0 Å². The Balaban J connectivity index is 1.57. The van der Waals surface area contributed by atoms with E-state index >= 15 is 0 Å². The van der Waals surface area contributed by atoms with Gasteiger partial charge in [0, 0.05) is 11.8 Å². The molecule has 0 bridgehead atoms. The fourth-order valence-electron chi connectivity index (χ4n) is 2.13. The first-order chi connectivity index (χ1) is 10.6. The summed E-state index contributed by atoms with van der Waals surface area (Å²) < 4.78 is 16.0. The predicted molar refractivity (Wildman–Crippen MR) is 82.6 cm³/mol. The van der Waals surface area contributed by atoms with Crippen LogP contribution in [0.3, 0.4) is 0 Å². The summed E-state index contributed by atoms with van der Waals surface area (Å²) in [5.74, 6) is 1.68. The number of fused-ring (bicyclic) bond motifs is 1. The summed E-state index contributed by atoms with van der Waals surface area (Å²) in [6.45, 7) is 4.19. The lowest BCUT2D eigenvalue weighted by Gasteiger charge is -2.09. The highest BCUT2D eigenvalue weighted by Crippen LogP contribution is 2.35. The number of aryl methyl sites for hydroxylation is 2. The monoisotopic (exact) mass is 299 g/mol. The normalized spacial score (nSPS) is 12.1. The van der Waals surface area contributed by atoms with Gasteiger partial charge in [0.1, 0.15) is 5.75 Å². The number of anilines is 1. The summed E-state index contributed by atoms with van der Waals surface area (Å²) in [5.41, 5.74) is 3.09. The van der Waals surface area contributed by atoms with Gasteiger partial charge in [0.2, 0.25) is 6.79 Å². The molecule has 0 radical (unpaired) electrons. The van der Waals surface area contributed by atoms with Crippen molar-refractivity contribution in [3.05, 3.63) is 47.5 Å². The van der Waals surface area contributed by atoms with Crippen LogP contribution in [0.15, 0.2) is 36.4 Å². The molecule has 1 aliphatic heterocycles. The first kappa shape index (κ1) is 14.3.